The summed E-state index contributed by atoms with van der Waals surface area (Å²) in [5.41, 5.74) is 0. The predicted octanol–water partition coefficient (Wildman–Crippen LogP) is 1.93. The Labute approximate surface area is 87.9 Å². The van der Waals surface area contributed by atoms with Crippen LogP contribution in [0.5, 0.6) is 0 Å². The smallest absolute Gasteiger partial charge is 0.281 e. The molecule has 0 bridgehead atoms. The van der Waals surface area contributed by atoms with Crippen LogP contribution in [-0.2, 0) is 14.9 Å². The highest BCUT2D eigenvalue weighted by molar-refractivity contribution is 7.86. The van der Waals surface area contributed by atoms with Crippen molar-refractivity contribution in [3.8, 4) is 0 Å². The number of alkyl halides is 8. The van der Waals surface area contributed by atoms with Crippen molar-refractivity contribution in [3.05, 3.63) is 0 Å². The van der Waals surface area contributed by atoms with Gasteiger partial charge in [-0.1, -0.05) is 0 Å². The zero-order valence-corrected chi connectivity index (χ0v) is 8.00. The van der Waals surface area contributed by atoms with Gasteiger partial charge in [-0.05, 0) is 0 Å². The highest BCUT2D eigenvalue weighted by Gasteiger charge is 2.69. The van der Waals surface area contributed by atoms with E-state index in [1.54, 1.807) is 0 Å². The number of halogens is 8. The molecule has 13 heteroatoms. The van der Waals surface area contributed by atoms with Crippen molar-refractivity contribution in [2.75, 3.05) is 0 Å². The van der Waals surface area contributed by atoms with E-state index in [2.05, 4.69) is 0 Å². The van der Waals surface area contributed by atoms with Crippen molar-refractivity contribution >= 4 is 10.1 Å². The molecule has 0 aliphatic carbocycles. The Morgan fingerprint density at radius 1 is 1.00 bits per heavy atom. The summed E-state index contributed by atoms with van der Waals surface area (Å²) in [5, 5.41) is -5.90. The Hall–Kier alpha value is -0.690. The lowest BCUT2D eigenvalue weighted by Gasteiger charge is -2.27. The van der Waals surface area contributed by atoms with Gasteiger partial charge in [0.25, 0.3) is 0 Å². The third kappa shape index (κ3) is 3.16. The Bertz CT molecular complexity index is 373. The molecule has 0 amide bonds. The fourth-order valence-electron chi connectivity index (χ4n) is 0.442. The van der Waals surface area contributed by atoms with Gasteiger partial charge in [0.05, 0.1) is 0 Å². The van der Waals surface area contributed by atoms with Crippen LogP contribution in [0.2, 0.25) is 0 Å². The summed E-state index contributed by atoms with van der Waals surface area (Å²) in [6.45, 7) is 0. The lowest BCUT2D eigenvalue weighted by Crippen LogP contribution is -2.53. The maximum absolute atomic E-state index is 12.7. The van der Waals surface area contributed by atoms with Gasteiger partial charge in [0.2, 0.25) is 0 Å². The van der Waals surface area contributed by atoms with Crippen molar-refractivity contribution < 1.29 is 52.8 Å². The molecule has 0 rings (SSSR count). The number of rotatable bonds is 4. The van der Waals surface area contributed by atoms with Crippen LogP contribution in [0, 0.1) is 0 Å². The third-order valence-corrected chi connectivity index (χ3v) is 2.17. The van der Waals surface area contributed by atoms with Crippen LogP contribution in [-0.4, -0.2) is 36.9 Å². The minimum atomic E-state index is -6.68. The van der Waals surface area contributed by atoms with E-state index in [0.29, 0.717) is 0 Å². The lowest BCUT2D eigenvalue weighted by molar-refractivity contribution is -0.430. The fourth-order valence-corrected chi connectivity index (χ4v) is 0.878. The van der Waals surface area contributed by atoms with E-state index >= 15 is 0 Å². The molecule has 104 valence electrons. The topological polar surface area (TPSA) is 63.6 Å². The van der Waals surface area contributed by atoms with Gasteiger partial charge in [-0.25, -0.2) is 8.78 Å². The van der Waals surface area contributed by atoms with Crippen LogP contribution in [0.15, 0.2) is 0 Å². The zero-order chi connectivity index (χ0) is 14.3. The first kappa shape index (κ1) is 16.3. The Balaban J connectivity index is 5.47. The molecule has 4 nitrogen and oxygen atoms in total. The summed E-state index contributed by atoms with van der Waals surface area (Å²) < 4.78 is 124. The van der Waals surface area contributed by atoms with Gasteiger partial charge >= 0.3 is 34.0 Å². The molecule has 0 aliphatic heterocycles. The minimum absolute atomic E-state index is 1.90. The maximum atomic E-state index is 12.7. The second kappa shape index (κ2) is 4.20. The SMILES string of the molecule is O=S(=O)(O)C(F)(OC(F)(F)C(F)(F)F)C(F)F. The van der Waals surface area contributed by atoms with Crippen molar-refractivity contribution in [1.82, 2.24) is 0 Å². The van der Waals surface area contributed by atoms with Crippen LogP contribution in [0.4, 0.5) is 35.1 Å². The van der Waals surface area contributed by atoms with Gasteiger partial charge in [-0.15, -0.1) is 0 Å². The van der Waals surface area contributed by atoms with Gasteiger partial charge in [-0.3, -0.25) is 9.29 Å². The quantitative estimate of drug-likeness (QED) is 0.636. The molecule has 0 aromatic heterocycles. The molecule has 0 fully saturated rings. The van der Waals surface area contributed by atoms with Crippen LogP contribution in [0.3, 0.4) is 0 Å². The molecule has 0 radical (unpaired) electrons. The molecule has 0 aromatic carbocycles. The molecule has 1 N–H and O–H groups in total. The molecule has 1 unspecified atom stereocenters. The second-order valence-corrected chi connectivity index (χ2v) is 3.98. The highest BCUT2D eigenvalue weighted by atomic mass is 32.2. The average Bonchev–Trinajstić information content (AvgIpc) is 1.98. The number of hydrogen-bond acceptors (Lipinski definition) is 3. The monoisotopic (exact) mass is 298 g/mol. The molecule has 0 aromatic rings. The average molecular weight is 298 g/mol. The van der Waals surface area contributed by atoms with Crippen molar-refractivity contribution in [2.24, 2.45) is 0 Å². The van der Waals surface area contributed by atoms with E-state index in [0.717, 1.165) is 0 Å². The highest BCUT2D eigenvalue weighted by Crippen LogP contribution is 2.43. The molecule has 17 heavy (non-hydrogen) atoms. The summed E-state index contributed by atoms with van der Waals surface area (Å²) in [5.74, 6) is 0. The molecular weight excluding hydrogens is 296 g/mol. The summed E-state index contributed by atoms with van der Waals surface area (Å²) in [6.07, 6.45) is -18.2. The van der Waals surface area contributed by atoms with Crippen LogP contribution in [0.1, 0.15) is 0 Å². The minimum Gasteiger partial charge on any atom is -0.281 e. The van der Waals surface area contributed by atoms with E-state index < -0.39 is 34.0 Å². The maximum Gasteiger partial charge on any atom is 0.483 e. The molecule has 0 saturated carbocycles. The first-order valence-electron chi connectivity index (χ1n) is 3.24. The first-order chi connectivity index (χ1) is 7.15. The van der Waals surface area contributed by atoms with E-state index in [1.807, 2.05) is 4.74 Å². The zero-order valence-electron chi connectivity index (χ0n) is 7.18. The Morgan fingerprint density at radius 3 is 1.53 bits per heavy atom. The number of ether oxygens (including phenoxy) is 1. The standard InChI is InChI=1S/C4H2F8O4S/c5-1(6)2(7,17(13,14)15)16-4(11,12)3(8,9)10/h1H,(H,13,14,15). The van der Waals surface area contributed by atoms with Gasteiger partial charge in [0.1, 0.15) is 0 Å². The largest absolute Gasteiger partial charge is 0.483 e. The third-order valence-electron chi connectivity index (χ3n) is 1.21. The van der Waals surface area contributed by atoms with Crippen molar-refractivity contribution in [2.45, 2.75) is 23.9 Å². The first-order valence-corrected chi connectivity index (χ1v) is 4.68. The summed E-state index contributed by atoms with van der Waals surface area (Å²) in [7, 11) is -6.68. The Morgan fingerprint density at radius 2 is 1.35 bits per heavy atom. The van der Waals surface area contributed by atoms with E-state index in [4.69, 9.17) is 4.55 Å². The molecule has 0 spiro atoms. The molecule has 0 saturated heterocycles. The molecule has 1 atom stereocenters. The molecule has 0 aliphatic rings. The summed E-state index contributed by atoms with van der Waals surface area (Å²) in [6, 6.07) is 0. The molecule has 0 heterocycles. The van der Waals surface area contributed by atoms with E-state index in [1.165, 1.54) is 0 Å². The molecular formula is C4H2F8O4S. The van der Waals surface area contributed by atoms with Crippen LogP contribution >= 0.6 is 0 Å². The summed E-state index contributed by atoms with van der Waals surface area (Å²) in [4.78, 5) is 0. The van der Waals surface area contributed by atoms with Gasteiger partial charge < -0.3 is 0 Å². The van der Waals surface area contributed by atoms with Crippen molar-refractivity contribution in [1.29, 1.82) is 0 Å². The predicted molar refractivity (Wildman–Crippen MR) is 33.5 cm³/mol. The second-order valence-electron chi connectivity index (χ2n) is 2.47. The lowest BCUT2D eigenvalue weighted by atomic mass is 10.6. The van der Waals surface area contributed by atoms with Gasteiger partial charge in [0, 0.05) is 0 Å². The van der Waals surface area contributed by atoms with Crippen molar-refractivity contribution in [3.63, 3.8) is 0 Å². The summed E-state index contributed by atoms with van der Waals surface area (Å²) >= 11 is 0. The van der Waals surface area contributed by atoms with Gasteiger partial charge in [-0.2, -0.15) is 34.8 Å². The number of hydrogen-bond donors (Lipinski definition) is 1. The van der Waals surface area contributed by atoms with E-state index in [-0.39, 0.29) is 0 Å². The van der Waals surface area contributed by atoms with E-state index in [9.17, 15) is 43.5 Å². The van der Waals surface area contributed by atoms with Gasteiger partial charge in [0.15, 0.2) is 0 Å². The fraction of sp³-hybridized carbons (Fsp3) is 1.00. The van der Waals surface area contributed by atoms with Crippen LogP contribution in [0.25, 0.3) is 0 Å². The Kier molecular flexibility index (Phi) is 4.03. The normalized spacial score (nSPS) is 18.2. The van der Waals surface area contributed by atoms with Crippen LogP contribution < -0.4 is 0 Å².